The average Bonchev–Trinajstić information content (AvgIpc) is 2.79. The highest BCUT2D eigenvalue weighted by Gasteiger charge is 2.31. The number of carbonyl (C=O) groups is 2. The lowest BCUT2D eigenvalue weighted by Crippen LogP contribution is -2.44. The van der Waals surface area contributed by atoms with Crippen LogP contribution in [0.5, 0.6) is 5.75 Å². The van der Waals surface area contributed by atoms with Gasteiger partial charge in [-0.2, -0.15) is 0 Å². The number of nitrogens with one attached hydrogen (secondary N) is 1. The predicted molar refractivity (Wildman–Crippen MR) is 112 cm³/mol. The van der Waals surface area contributed by atoms with Gasteiger partial charge >= 0.3 is 0 Å². The fourth-order valence-electron chi connectivity index (χ4n) is 3.09. The second-order valence-corrected chi connectivity index (χ2v) is 6.54. The minimum Gasteiger partial charge on any atom is -0.484 e. The first-order chi connectivity index (χ1) is 14.2. The van der Waals surface area contributed by atoms with Gasteiger partial charge in [-0.15, -0.1) is 0 Å². The molecule has 3 rings (SSSR count). The lowest BCUT2D eigenvalue weighted by molar-refractivity contribution is -0.143. The molecule has 0 fully saturated rings. The fraction of sp³-hybridized carbons (Fsp3) is 0.167. The van der Waals surface area contributed by atoms with Crippen molar-refractivity contribution < 1.29 is 14.3 Å². The summed E-state index contributed by atoms with van der Waals surface area (Å²) in [6, 6.07) is 27.3. The second kappa shape index (κ2) is 10.1. The largest absolute Gasteiger partial charge is 0.484 e. The maximum atomic E-state index is 13.2. The van der Waals surface area contributed by atoms with Gasteiger partial charge in [0.05, 0.1) is 0 Å². The summed E-state index contributed by atoms with van der Waals surface area (Å²) in [4.78, 5) is 27.5. The lowest BCUT2D eigenvalue weighted by atomic mass is 10.0. The number of hydrogen-bond acceptors (Lipinski definition) is 3. The number of rotatable bonds is 8. The zero-order chi connectivity index (χ0) is 20.5. The van der Waals surface area contributed by atoms with Crippen LogP contribution in [0.15, 0.2) is 91.0 Å². The number of ether oxygens (including phenoxy) is 1. The van der Waals surface area contributed by atoms with E-state index in [9.17, 15) is 9.59 Å². The Morgan fingerprint density at radius 3 is 2.00 bits per heavy atom. The van der Waals surface area contributed by atoms with Crippen molar-refractivity contribution in [2.45, 2.75) is 12.6 Å². The van der Waals surface area contributed by atoms with Crippen LogP contribution in [-0.4, -0.2) is 30.4 Å². The molecule has 0 spiro atoms. The van der Waals surface area contributed by atoms with Crippen LogP contribution in [0.25, 0.3) is 0 Å². The summed E-state index contributed by atoms with van der Waals surface area (Å²) in [5, 5.41) is 2.68. The van der Waals surface area contributed by atoms with Crippen molar-refractivity contribution in [2.75, 3.05) is 13.7 Å². The first-order valence-corrected chi connectivity index (χ1v) is 9.47. The SMILES string of the molecule is CNC(=O)C(c1ccccc1)N(Cc1ccccc1)C(=O)COc1ccccc1. The third-order valence-corrected chi connectivity index (χ3v) is 4.54. The molecular formula is C24H24N2O3. The minimum atomic E-state index is -0.756. The monoisotopic (exact) mass is 388 g/mol. The highest BCUT2D eigenvalue weighted by molar-refractivity contribution is 5.89. The Morgan fingerprint density at radius 1 is 0.862 bits per heavy atom. The van der Waals surface area contributed by atoms with E-state index in [1.54, 1.807) is 24.1 Å². The van der Waals surface area contributed by atoms with Crippen LogP contribution < -0.4 is 10.1 Å². The first kappa shape index (κ1) is 20.1. The Kier molecular flexibility index (Phi) is 7.00. The molecule has 0 bridgehead atoms. The van der Waals surface area contributed by atoms with E-state index in [-0.39, 0.29) is 18.4 Å². The van der Waals surface area contributed by atoms with E-state index in [1.165, 1.54) is 0 Å². The molecule has 2 amide bonds. The van der Waals surface area contributed by atoms with Crippen LogP contribution in [0, 0.1) is 0 Å². The number of nitrogens with zero attached hydrogens (tertiary/aromatic N) is 1. The quantitative estimate of drug-likeness (QED) is 0.642. The van der Waals surface area contributed by atoms with E-state index < -0.39 is 6.04 Å². The molecule has 5 heteroatoms. The van der Waals surface area contributed by atoms with Crippen molar-refractivity contribution >= 4 is 11.8 Å². The molecule has 5 nitrogen and oxygen atoms in total. The molecule has 3 aromatic rings. The summed E-state index contributed by atoms with van der Waals surface area (Å²) in [5.74, 6) is 0.0899. The van der Waals surface area contributed by atoms with Gasteiger partial charge in [0.1, 0.15) is 11.8 Å². The molecule has 29 heavy (non-hydrogen) atoms. The summed E-state index contributed by atoms with van der Waals surface area (Å²) in [5.41, 5.74) is 1.68. The maximum Gasteiger partial charge on any atom is 0.261 e. The van der Waals surface area contributed by atoms with E-state index in [0.29, 0.717) is 12.3 Å². The van der Waals surface area contributed by atoms with Crippen LogP contribution >= 0.6 is 0 Å². The van der Waals surface area contributed by atoms with E-state index in [2.05, 4.69) is 5.32 Å². The summed E-state index contributed by atoms with van der Waals surface area (Å²) in [7, 11) is 1.57. The molecule has 0 heterocycles. The lowest BCUT2D eigenvalue weighted by Gasteiger charge is -2.31. The smallest absolute Gasteiger partial charge is 0.261 e. The number of para-hydroxylation sites is 1. The van der Waals surface area contributed by atoms with Gasteiger partial charge in [-0.3, -0.25) is 9.59 Å². The summed E-state index contributed by atoms with van der Waals surface area (Å²) in [6.45, 7) is 0.141. The summed E-state index contributed by atoms with van der Waals surface area (Å²) < 4.78 is 5.66. The number of benzene rings is 3. The van der Waals surface area contributed by atoms with Crippen LogP contribution in [0.1, 0.15) is 17.2 Å². The number of carbonyl (C=O) groups excluding carboxylic acids is 2. The second-order valence-electron chi connectivity index (χ2n) is 6.54. The van der Waals surface area contributed by atoms with Crippen LogP contribution in [-0.2, 0) is 16.1 Å². The number of hydrogen-bond donors (Lipinski definition) is 1. The van der Waals surface area contributed by atoms with Crippen LogP contribution in [0.4, 0.5) is 0 Å². The average molecular weight is 388 g/mol. The van der Waals surface area contributed by atoms with Gasteiger partial charge in [0.15, 0.2) is 6.61 Å². The van der Waals surface area contributed by atoms with Crippen LogP contribution in [0.3, 0.4) is 0 Å². The highest BCUT2D eigenvalue weighted by Crippen LogP contribution is 2.24. The molecule has 148 valence electrons. The van der Waals surface area contributed by atoms with Gasteiger partial charge in [0.2, 0.25) is 5.91 Å². The van der Waals surface area contributed by atoms with Gasteiger partial charge in [-0.25, -0.2) is 0 Å². The molecule has 1 unspecified atom stereocenters. The molecule has 0 aliphatic rings. The van der Waals surface area contributed by atoms with E-state index in [1.807, 2.05) is 78.9 Å². The normalized spacial score (nSPS) is 11.3. The molecule has 0 aromatic heterocycles. The van der Waals surface area contributed by atoms with Crippen molar-refractivity contribution in [1.29, 1.82) is 0 Å². The highest BCUT2D eigenvalue weighted by atomic mass is 16.5. The van der Waals surface area contributed by atoms with Crippen molar-refractivity contribution in [2.24, 2.45) is 0 Å². The van der Waals surface area contributed by atoms with Gasteiger partial charge in [0, 0.05) is 13.6 Å². The van der Waals surface area contributed by atoms with Crippen molar-refractivity contribution in [3.63, 3.8) is 0 Å². The Bertz CT molecular complexity index is 915. The van der Waals surface area contributed by atoms with Gasteiger partial charge in [-0.1, -0.05) is 78.9 Å². The zero-order valence-corrected chi connectivity index (χ0v) is 16.3. The van der Waals surface area contributed by atoms with E-state index >= 15 is 0 Å². The third kappa shape index (κ3) is 5.45. The number of amides is 2. The molecule has 0 radical (unpaired) electrons. The predicted octanol–water partition coefficient (Wildman–Crippen LogP) is 3.58. The Hall–Kier alpha value is -3.60. The standard InChI is InChI=1S/C24H24N2O3/c1-25-24(28)23(20-13-7-3-8-14-20)26(17-19-11-5-2-6-12-19)22(27)18-29-21-15-9-4-10-16-21/h2-16,23H,17-18H2,1H3,(H,25,28). The Balaban J connectivity index is 1.89. The van der Waals surface area contributed by atoms with Crippen LogP contribution in [0.2, 0.25) is 0 Å². The molecule has 0 saturated heterocycles. The molecule has 0 aliphatic heterocycles. The molecule has 3 aromatic carbocycles. The first-order valence-electron chi connectivity index (χ1n) is 9.47. The molecule has 0 saturated carbocycles. The van der Waals surface area contributed by atoms with Gasteiger partial charge in [-0.05, 0) is 23.3 Å². The Morgan fingerprint density at radius 2 is 1.41 bits per heavy atom. The van der Waals surface area contributed by atoms with Crippen molar-refractivity contribution in [3.05, 3.63) is 102 Å². The topological polar surface area (TPSA) is 58.6 Å². The van der Waals surface area contributed by atoms with Gasteiger partial charge < -0.3 is 15.0 Å². The molecular weight excluding hydrogens is 364 g/mol. The summed E-state index contributed by atoms with van der Waals surface area (Å²) >= 11 is 0. The third-order valence-electron chi connectivity index (χ3n) is 4.54. The van der Waals surface area contributed by atoms with E-state index in [0.717, 1.165) is 11.1 Å². The van der Waals surface area contributed by atoms with Crippen molar-refractivity contribution in [1.82, 2.24) is 10.2 Å². The Labute approximate surface area is 170 Å². The van der Waals surface area contributed by atoms with E-state index in [4.69, 9.17) is 4.74 Å². The molecule has 1 atom stereocenters. The minimum absolute atomic E-state index is 0.156. The molecule has 1 N–H and O–H groups in total. The van der Waals surface area contributed by atoms with Crippen molar-refractivity contribution in [3.8, 4) is 5.75 Å². The summed E-state index contributed by atoms with van der Waals surface area (Å²) in [6.07, 6.45) is 0. The fourth-order valence-corrected chi connectivity index (χ4v) is 3.09. The molecule has 0 aliphatic carbocycles. The maximum absolute atomic E-state index is 13.2. The number of likely N-dealkylation sites (N-methyl/N-ethyl adjacent to an activating group) is 1. The zero-order valence-electron chi connectivity index (χ0n) is 16.3. The van der Waals surface area contributed by atoms with Gasteiger partial charge in [0.25, 0.3) is 5.91 Å².